The number of rotatable bonds is 2. The predicted octanol–water partition coefficient (Wildman–Crippen LogP) is 1.64. The third kappa shape index (κ3) is 1.92. The van der Waals surface area contributed by atoms with E-state index in [-0.39, 0.29) is 0 Å². The van der Waals surface area contributed by atoms with E-state index < -0.39 is 7.12 Å². The highest BCUT2D eigenvalue weighted by atomic mass is 32.1. The summed E-state index contributed by atoms with van der Waals surface area (Å²) >= 11 is 1.55. The van der Waals surface area contributed by atoms with E-state index in [1.54, 1.807) is 23.5 Å². The average molecular weight is 255 g/mol. The fourth-order valence-corrected chi connectivity index (χ4v) is 2.92. The maximum absolute atomic E-state index is 9.37. The first-order valence-corrected chi connectivity index (χ1v) is 6.38. The van der Waals surface area contributed by atoms with Crippen molar-refractivity contribution in [1.29, 1.82) is 0 Å². The Morgan fingerprint density at radius 3 is 2.44 bits per heavy atom. The van der Waals surface area contributed by atoms with Crippen molar-refractivity contribution >= 4 is 34.1 Å². The summed E-state index contributed by atoms with van der Waals surface area (Å²) in [4.78, 5) is 4.52. The molecular weight excluding hydrogens is 245 g/mol. The van der Waals surface area contributed by atoms with Gasteiger partial charge in [-0.1, -0.05) is 36.4 Å². The largest absolute Gasteiger partial charge is 0.489 e. The first-order chi connectivity index (χ1) is 8.75. The molecule has 0 spiro atoms. The molecule has 0 aliphatic rings. The maximum Gasteiger partial charge on any atom is 0.489 e. The van der Waals surface area contributed by atoms with Gasteiger partial charge in [-0.3, -0.25) is 0 Å². The van der Waals surface area contributed by atoms with Crippen LogP contribution in [0.25, 0.3) is 20.8 Å². The number of fused-ring (bicyclic) bond motifs is 1. The predicted molar refractivity (Wildman–Crippen MR) is 74.9 cm³/mol. The van der Waals surface area contributed by atoms with Gasteiger partial charge < -0.3 is 10.0 Å². The van der Waals surface area contributed by atoms with Crippen molar-refractivity contribution in [2.45, 2.75) is 0 Å². The van der Waals surface area contributed by atoms with Crippen LogP contribution in [0.15, 0.2) is 48.5 Å². The number of aromatic nitrogens is 1. The minimum atomic E-state index is -1.48. The molecule has 0 radical (unpaired) electrons. The van der Waals surface area contributed by atoms with Gasteiger partial charge in [0, 0.05) is 5.56 Å². The third-order valence-corrected chi connectivity index (χ3v) is 3.83. The zero-order valence-corrected chi connectivity index (χ0v) is 10.3. The van der Waals surface area contributed by atoms with Crippen LogP contribution in [-0.4, -0.2) is 22.2 Å². The Bertz CT molecular complexity index is 663. The van der Waals surface area contributed by atoms with Gasteiger partial charge in [-0.25, -0.2) is 4.98 Å². The van der Waals surface area contributed by atoms with E-state index in [4.69, 9.17) is 0 Å². The van der Waals surface area contributed by atoms with Crippen molar-refractivity contribution in [2.24, 2.45) is 0 Å². The van der Waals surface area contributed by atoms with Gasteiger partial charge in [0.25, 0.3) is 0 Å². The second-order valence-electron chi connectivity index (χ2n) is 3.95. The molecule has 3 nitrogen and oxygen atoms in total. The molecule has 0 aliphatic heterocycles. The Morgan fingerprint density at radius 2 is 1.67 bits per heavy atom. The number of hydrogen-bond acceptors (Lipinski definition) is 4. The highest BCUT2D eigenvalue weighted by Crippen LogP contribution is 2.28. The van der Waals surface area contributed by atoms with Gasteiger partial charge in [0.15, 0.2) is 0 Å². The molecule has 88 valence electrons. The normalized spacial score (nSPS) is 10.8. The minimum absolute atomic E-state index is 0.483. The minimum Gasteiger partial charge on any atom is -0.423 e. The summed E-state index contributed by atoms with van der Waals surface area (Å²) in [6.07, 6.45) is 0. The quantitative estimate of drug-likeness (QED) is 0.684. The van der Waals surface area contributed by atoms with Crippen LogP contribution in [0.5, 0.6) is 0 Å². The molecule has 0 amide bonds. The monoisotopic (exact) mass is 255 g/mol. The van der Waals surface area contributed by atoms with Gasteiger partial charge in [-0.05, 0) is 17.6 Å². The topological polar surface area (TPSA) is 53.4 Å². The van der Waals surface area contributed by atoms with Crippen LogP contribution in [0.2, 0.25) is 0 Å². The Balaban J connectivity index is 2.20. The van der Waals surface area contributed by atoms with E-state index in [0.717, 1.165) is 20.8 Å². The standard InChI is InChI=1S/C13H10BNO2S/c16-14(17)10-6-2-1-5-9(10)13-15-11-7-3-4-8-12(11)18-13/h1-8,16-17H. The van der Waals surface area contributed by atoms with Crippen molar-refractivity contribution < 1.29 is 10.0 Å². The van der Waals surface area contributed by atoms with Crippen LogP contribution < -0.4 is 5.46 Å². The molecule has 1 aromatic heterocycles. The molecular formula is C13H10BNO2S. The average Bonchev–Trinajstić information content (AvgIpc) is 2.82. The van der Waals surface area contributed by atoms with E-state index in [2.05, 4.69) is 4.98 Å². The SMILES string of the molecule is OB(O)c1ccccc1-c1nc2ccccc2s1. The highest BCUT2D eigenvalue weighted by molar-refractivity contribution is 7.21. The summed E-state index contributed by atoms with van der Waals surface area (Å²) in [6.45, 7) is 0. The number of para-hydroxylation sites is 1. The summed E-state index contributed by atoms with van der Waals surface area (Å²) in [5, 5.41) is 19.6. The lowest BCUT2D eigenvalue weighted by Gasteiger charge is -2.04. The highest BCUT2D eigenvalue weighted by Gasteiger charge is 2.18. The Morgan fingerprint density at radius 1 is 0.944 bits per heavy atom. The zero-order chi connectivity index (χ0) is 12.5. The van der Waals surface area contributed by atoms with Crippen molar-refractivity contribution in [3.8, 4) is 10.6 Å². The summed E-state index contributed by atoms with van der Waals surface area (Å²) in [6, 6.07) is 15.1. The second-order valence-corrected chi connectivity index (χ2v) is 4.98. The van der Waals surface area contributed by atoms with Crippen molar-refractivity contribution in [3.05, 3.63) is 48.5 Å². The van der Waals surface area contributed by atoms with E-state index in [0.29, 0.717) is 5.46 Å². The van der Waals surface area contributed by atoms with Crippen LogP contribution in [0.4, 0.5) is 0 Å². The maximum atomic E-state index is 9.37. The van der Waals surface area contributed by atoms with E-state index in [1.807, 2.05) is 36.4 Å². The van der Waals surface area contributed by atoms with Crippen LogP contribution in [-0.2, 0) is 0 Å². The number of hydrogen-bond donors (Lipinski definition) is 2. The lowest BCUT2D eigenvalue weighted by Crippen LogP contribution is -2.31. The molecule has 3 aromatic rings. The first-order valence-electron chi connectivity index (χ1n) is 5.57. The molecule has 18 heavy (non-hydrogen) atoms. The molecule has 0 aliphatic carbocycles. The molecule has 0 saturated heterocycles. The second kappa shape index (κ2) is 4.53. The fourth-order valence-electron chi connectivity index (χ4n) is 1.90. The van der Waals surface area contributed by atoms with Crippen molar-refractivity contribution in [1.82, 2.24) is 4.98 Å². The zero-order valence-electron chi connectivity index (χ0n) is 9.45. The molecule has 0 saturated carbocycles. The summed E-state index contributed by atoms with van der Waals surface area (Å²) < 4.78 is 1.09. The molecule has 1 heterocycles. The van der Waals surface area contributed by atoms with Crippen molar-refractivity contribution in [2.75, 3.05) is 0 Å². The van der Waals surface area contributed by atoms with Gasteiger partial charge in [-0.2, -0.15) is 0 Å². The van der Waals surface area contributed by atoms with Gasteiger partial charge >= 0.3 is 7.12 Å². The number of benzene rings is 2. The smallest absolute Gasteiger partial charge is 0.423 e. The van der Waals surface area contributed by atoms with Crippen LogP contribution in [0, 0.1) is 0 Å². The molecule has 0 atom stereocenters. The number of nitrogens with zero attached hydrogens (tertiary/aromatic N) is 1. The fraction of sp³-hybridized carbons (Fsp3) is 0. The molecule has 3 rings (SSSR count). The molecule has 0 fully saturated rings. The van der Waals surface area contributed by atoms with Crippen LogP contribution >= 0.6 is 11.3 Å². The molecule has 2 N–H and O–H groups in total. The van der Waals surface area contributed by atoms with Crippen LogP contribution in [0.3, 0.4) is 0 Å². The lowest BCUT2D eigenvalue weighted by atomic mass is 9.77. The van der Waals surface area contributed by atoms with E-state index in [9.17, 15) is 10.0 Å². The summed E-state index contributed by atoms with van der Waals surface area (Å²) in [7, 11) is -1.48. The number of thiazole rings is 1. The molecule has 5 heteroatoms. The molecule has 0 bridgehead atoms. The molecule has 2 aromatic carbocycles. The van der Waals surface area contributed by atoms with Gasteiger partial charge in [0.05, 0.1) is 10.2 Å². The van der Waals surface area contributed by atoms with E-state index >= 15 is 0 Å². The van der Waals surface area contributed by atoms with Gasteiger partial charge in [0.1, 0.15) is 5.01 Å². The lowest BCUT2D eigenvalue weighted by molar-refractivity contribution is 0.426. The van der Waals surface area contributed by atoms with Gasteiger partial charge in [-0.15, -0.1) is 11.3 Å². The van der Waals surface area contributed by atoms with Gasteiger partial charge in [0.2, 0.25) is 0 Å². The Labute approximate surface area is 109 Å². The Kier molecular flexibility index (Phi) is 2.87. The summed E-state index contributed by atoms with van der Waals surface area (Å²) in [5.41, 5.74) is 2.19. The first kappa shape index (κ1) is 11.4. The Hall–Kier alpha value is -1.69. The molecule has 0 unspecified atom stereocenters. The van der Waals surface area contributed by atoms with Crippen LogP contribution in [0.1, 0.15) is 0 Å². The third-order valence-electron chi connectivity index (χ3n) is 2.76. The van der Waals surface area contributed by atoms with Crippen molar-refractivity contribution in [3.63, 3.8) is 0 Å². The van der Waals surface area contributed by atoms with E-state index in [1.165, 1.54) is 0 Å². The summed E-state index contributed by atoms with van der Waals surface area (Å²) in [5.74, 6) is 0.